The molecule has 2 fully saturated rings. The SMILES string of the molecule is COCc1c(C(=O)N2CC3CCC2C3)c(=O)cc(C)n1Cc1cccc2ccccc12. The average Bonchev–Trinajstić information content (AvgIpc) is 3.40. The molecule has 2 aromatic carbocycles. The van der Waals surface area contributed by atoms with Crippen molar-refractivity contribution in [3.05, 3.63) is 81.3 Å². The van der Waals surface area contributed by atoms with Gasteiger partial charge in [-0.1, -0.05) is 42.5 Å². The van der Waals surface area contributed by atoms with Gasteiger partial charge in [0.2, 0.25) is 0 Å². The van der Waals surface area contributed by atoms with Crippen molar-refractivity contribution in [1.29, 1.82) is 0 Å². The van der Waals surface area contributed by atoms with Crippen molar-refractivity contribution in [3.8, 4) is 0 Å². The minimum Gasteiger partial charge on any atom is -0.378 e. The fourth-order valence-corrected chi connectivity index (χ4v) is 5.48. The molecule has 160 valence electrons. The molecule has 0 N–H and O–H groups in total. The summed E-state index contributed by atoms with van der Waals surface area (Å²) in [6.07, 6.45) is 3.31. The number of hydrogen-bond donors (Lipinski definition) is 0. The molecule has 1 saturated heterocycles. The Balaban J connectivity index is 1.61. The molecule has 2 aliphatic rings. The van der Waals surface area contributed by atoms with Gasteiger partial charge in [0.15, 0.2) is 5.43 Å². The molecule has 1 aromatic heterocycles. The largest absolute Gasteiger partial charge is 0.378 e. The highest BCUT2D eigenvalue weighted by molar-refractivity contribution is 5.96. The number of hydrogen-bond acceptors (Lipinski definition) is 3. The topological polar surface area (TPSA) is 51.5 Å². The van der Waals surface area contributed by atoms with Crippen LogP contribution in [0.4, 0.5) is 0 Å². The molecule has 1 aliphatic carbocycles. The minimum absolute atomic E-state index is 0.129. The number of rotatable bonds is 5. The number of carbonyl (C=O) groups is 1. The van der Waals surface area contributed by atoms with Gasteiger partial charge in [0, 0.05) is 38.0 Å². The standard InChI is InChI=1S/C26H28N2O3/c1-17-12-24(29)25(26(30)28-14-18-10-11-21(28)13-18)23(16-31-2)27(17)15-20-8-5-7-19-6-3-4-9-22(19)20/h3-9,12,18,21H,10-11,13-16H2,1-2H3. The van der Waals surface area contributed by atoms with Crippen molar-refractivity contribution in [3.63, 3.8) is 0 Å². The van der Waals surface area contributed by atoms with Crippen LogP contribution in [0.25, 0.3) is 10.8 Å². The maximum Gasteiger partial charge on any atom is 0.259 e. The summed E-state index contributed by atoms with van der Waals surface area (Å²) in [4.78, 5) is 28.5. The Morgan fingerprint density at radius 2 is 1.94 bits per heavy atom. The number of amides is 1. The van der Waals surface area contributed by atoms with E-state index in [1.54, 1.807) is 13.2 Å². The molecule has 2 heterocycles. The molecule has 5 heteroatoms. The number of aromatic nitrogens is 1. The molecular weight excluding hydrogens is 388 g/mol. The van der Waals surface area contributed by atoms with Gasteiger partial charge in [0.25, 0.3) is 5.91 Å². The van der Waals surface area contributed by atoms with Gasteiger partial charge < -0.3 is 14.2 Å². The number of piperidine rings is 1. The second kappa shape index (κ2) is 7.97. The van der Waals surface area contributed by atoms with Gasteiger partial charge >= 0.3 is 0 Å². The average molecular weight is 417 g/mol. The van der Waals surface area contributed by atoms with E-state index in [-0.39, 0.29) is 29.5 Å². The predicted octanol–water partition coefficient (Wildman–Crippen LogP) is 4.13. The second-order valence-electron chi connectivity index (χ2n) is 8.92. The maximum atomic E-state index is 13.5. The van der Waals surface area contributed by atoms with Crippen molar-refractivity contribution in [2.24, 2.45) is 5.92 Å². The van der Waals surface area contributed by atoms with Crippen molar-refractivity contribution >= 4 is 16.7 Å². The van der Waals surface area contributed by atoms with Crippen LogP contribution in [-0.4, -0.2) is 35.1 Å². The van der Waals surface area contributed by atoms with Gasteiger partial charge in [-0.3, -0.25) is 9.59 Å². The first kappa shape index (κ1) is 20.0. The predicted molar refractivity (Wildman–Crippen MR) is 121 cm³/mol. The van der Waals surface area contributed by atoms with E-state index in [4.69, 9.17) is 4.74 Å². The molecule has 1 aliphatic heterocycles. The van der Waals surface area contributed by atoms with E-state index >= 15 is 0 Å². The summed E-state index contributed by atoms with van der Waals surface area (Å²) in [5.74, 6) is 0.458. The first-order valence-electron chi connectivity index (χ1n) is 11.1. The molecule has 2 unspecified atom stereocenters. The number of methoxy groups -OCH3 is 1. The second-order valence-corrected chi connectivity index (χ2v) is 8.92. The van der Waals surface area contributed by atoms with Crippen LogP contribution < -0.4 is 5.43 Å². The third-order valence-corrected chi connectivity index (χ3v) is 7.00. The molecule has 31 heavy (non-hydrogen) atoms. The molecule has 5 nitrogen and oxygen atoms in total. The minimum atomic E-state index is -0.202. The van der Waals surface area contributed by atoms with Crippen LogP contribution in [0.2, 0.25) is 0 Å². The summed E-state index contributed by atoms with van der Waals surface area (Å²) < 4.78 is 7.57. The molecule has 5 rings (SSSR count). The number of likely N-dealkylation sites (tertiary alicyclic amines) is 1. The Hall–Kier alpha value is -2.92. The molecule has 2 bridgehead atoms. The number of fused-ring (bicyclic) bond motifs is 3. The summed E-state index contributed by atoms with van der Waals surface area (Å²) in [7, 11) is 1.61. The van der Waals surface area contributed by atoms with Crippen LogP contribution in [0.5, 0.6) is 0 Å². The van der Waals surface area contributed by atoms with Gasteiger partial charge in [0.1, 0.15) is 5.56 Å². The Labute approximate surface area is 182 Å². The van der Waals surface area contributed by atoms with Crippen LogP contribution in [0, 0.1) is 12.8 Å². The Morgan fingerprint density at radius 3 is 2.68 bits per heavy atom. The molecule has 3 aromatic rings. The zero-order valence-electron chi connectivity index (χ0n) is 18.1. The zero-order chi connectivity index (χ0) is 21.5. The fourth-order valence-electron chi connectivity index (χ4n) is 5.48. The number of aryl methyl sites for hydroxylation is 1. The van der Waals surface area contributed by atoms with Gasteiger partial charge in [-0.25, -0.2) is 0 Å². The van der Waals surface area contributed by atoms with Gasteiger partial charge in [-0.15, -0.1) is 0 Å². The molecule has 1 saturated carbocycles. The normalized spacial score (nSPS) is 20.0. The third kappa shape index (κ3) is 3.47. The lowest BCUT2D eigenvalue weighted by Gasteiger charge is -2.28. The summed E-state index contributed by atoms with van der Waals surface area (Å²) in [6, 6.07) is 16.4. The summed E-state index contributed by atoms with van der Waals surface area (Å²) in [6.45, 7) is 3.51. The third-order valence-electron chi connectivity index (χ3n) is 7.00. The Kier molecular flexibility index (Phi) is 5.14. The van der Waals surface area contributed by atoms with Gasteiger partial charge in [0.05, 0.1) is 12.3 Å². The molecular formula is C26H28N2O3. The van der Waals surface area contributed by atoms with Crippen molar-refractivity contribution in [2.75, 3.05) is 13.7 Å². The monoisotopic (exact) mass is 416 g/mol. The Morgan fingerprint density at radius 1 is 1.13 bits per heavy atom. The van der Waals surface area contributed by atoms with E-state index in [9.17, 15) is 9.59 Å². The van der Waals surface area contributed by atoms with Crippen LogP contribution in [0.1, 0.15) is 46.6 Å². The lowest BCUT2D eigenvalue weighted by atomic mass is 10.0. The Bertz CT molecular complexity index is 1210. The quantitative estimate of drug-likeness (QED) is 0.628. The van der Waals surface area contributed by atoms with Crippen molar-refractivity contribution in [1.82, 2.24) is 9.47 Å². The summed E-state index contributed by atoms with van der Waals surface area (Å²) in [5.41, 5.74) is 2.74. The fraction of sp³-hybridized carbons (Fsp3) is 0.385. The lowest BCUT2D eigenvalue weighted by molar-refractivity contribution is 0.0695. The number of carbonyl (C=O) groups excluding carboxylic acids is 1. The first-order valence-corrected chi connectivity index (χ1v) is 11.1. The highest BCUT2D eigenvalue weighted by Crippen LogP contribution is 2.38. The number of pyridine rings is 1. The van der Waals surface area contributed by atoms with E-state index < -0.39 is 0 Å². The maximum absolute atomic E-state index is 13.5. The lowest BCUT2D eigenvalue weighted by Crippen LogP contribution is -2.41. The highest BCUT2D eigenvalue weighted by Gasteiger charge is 2.41. The number of benzene rings is 2. The van der Waals surface area contributed by atoms with E-state index in [0.717, 1.165) is 30.6 Å². The van der Waals surface area contributed by atoms with E-state index in [1.807, 2.05) is 24.0 Å². The van der Waals surface area contributed by atoms with Crippen LogP contribution in [0.15, 0.2) is 53.3 Å². The van der Waals surface area contributed by atoms with E-state index in [0.29, 0.717) is 18.2 Å². The highest BCUT2D eigenvalue weighted by atomic mass is 16.5. The number of nitrogens with zero attached hydrogens (tertiary/aromatic N) is 2. The molecule has 1 amide bonds. The number of ether oxygens (including phenoxy) is 1. The molecule has 2 atom stereocenters. The van der Waals surface area contributed by atoms with Gasteiger partial charge in [-0.05, 0) is 48.4 Å². The van der Waals surface area contributed by atoms with E-state index in [2.05, 4.69) is 34.9 Å². The summed E-state index contributed by atoms with van der Waals surface area (Å²) in [5, 5.41) is 2.35. The van der Waals surface area contributed by atoms with Crippen molar-refractivity contribution < 1.29 is 9.53 Å². The molecule has 0 spiro atoms. The first-order chi connectivity index (χ1) is 15.1. The van der Waals surface area contributed by atoms with E-state index in [1.165, 1.54) is 17.2 Å². The van der Waals surface area contributed by atoms with Crippen LogP contribution in [0.3, 0.4) is 0 Å². The molecule has 0 radical (unpaired) electrons. The zero-order valence-corrected chi connectivity index (χ0v) is 18.1. The van der Waals surface area contributed by atoms with Gasteiger partial charge in [-0.2, -0.15) is 0 Å². The summed E-state index contributed by atoms with van der Waals surface area (Å²) >= 11 is 0. The smallest absolute Gasteiger partial charge is 0.259 e. The van der Waals surface area contributed by atoms with Crippen molar-refractivity contribution in [2.45, 2.75) is 45.4 Å². The van der Waals surface area contributed by atoms with Crippen LogP contribution in [-0.2, 0) is 17.9 Å². The van der Waals surface area contributed by atoms with Crippen LogP contribution >= 0.6 is 0 Å².